The van der Waals surface area contributed by atoms with Crippen molar-refractivity contribution in [2.45, 2.75) is 20.5 Å². The van der Waals surface area contributed by atoms with E-state index in [1.165, 1.54) is 12.1 Å². The smallest absolute Gasteiger partial charge is 0.363 e. The highest BCUT2D eigenvalue weighted by Gasteiger charge is 2.24. The van der Waals surface area contributed by atoms with Crippen molar-refractivity contribution < 1.29 is 23.4 Å². The van der Waals surface area contributed by atoms with E-state index >= 15 is 0 Å². The van der Waals surface area contributed by atoms with Gasteiger partial charge in [-0.1, -0.05) is 41.4 Å². The lowest BCUT2D eigenvalue weighted by molar-refractivity contribution is -0.129. The molecule has 0 saturated carbocycles. The number of aliphatic imine (C=N–C) groups is 1. The Labute approximate surface area is 196 Å². The number of hydrogen-bond donors (Lipinski definition) is 0. The Morgan fingerprint density at radius 1 is 1.06 bits per heavy atom. The van der Waals surface area contributed by atoms with Crippen LogP contribution in [0.25, 0.3) is 6.08 Å². The van der Waals surface area contributed by atoms with Crippen LogP contribution in [0.5, 0.6) is 11.5 Å². The number of halogens is 2. The quantitative estimate of drug-likeness (QED) is 0.312. The second-order valence-electron chi connectivity index (χ2n) is 7.38. The normalized spacial score (nSPS) is 14.2. The molecule has 0 spiro atoms. The van der Waals surface area contributed by atoms with E-state index in [0.29, 0.717) is 28.7 Å². The van der Waals surface area contributed by atoms with Crippen LogP contribution in [0.15, 0.2) is 71.4 Å². The lowest BCUT2D eigenvalue weighted by atomic mass is 10.1. The fourth-order valence-corrected chi connectivity index (χ4v) is 3.47. The van der Waals surface area contributed by atoms with E-state index in [4.69, 9.17) is 25.8 Å². The van der Waals surface area contributed by atoms with Crippen LogP contribution in [-0.4, -0.2) is 18.5 Å². The van der Waals surface area contributed by atoms with Crippen LogP contribution in [-0.2, 0) is 16.1 Å². The van der Waals surface area contributed by atoms with Crippen LogP contribution < -0.4 is 9.47 Å². The Bertz CT molecular complexity index is 1230. The molecule has 0 aromatic heterocycles. The molecule has 0 bridgehead atoms. The molecule has 1 aliphatic rings. The van der Waals surface area contributed by atoms with Crippen LogP contribution in [0, 0.1) is 12.7 Å². The topological polar surface area (TPSA) is 57.1 Å². The van der Waals surface area contributed by atoms with Gasteiger partial charge in [-0.2, -0.15) is 0 Å². The number of rotatable bonds is 7. The van der Waals surface area contributed by atoms with Crippen LogP contribution >= 0.6 is 11.6 Å². The van der Waals surface area contributed by atoms with Gasteiger partial charge in [0.15, 0.2) is 17.2 Å². The number of ether oxygens (including phenoxy) is 3. The van der Waals surface area contributed by atoms with Gasteiger partial charge in [-0.3, -0.25) is 0 Å². The van der Waals surface area contributed by atoms with Crippen molar-refractivity contribution in [2.75, 3.05) is 6.61 Å². The van der Waals surface area contributed by atoms with Gasteiger partial charge in [-0.15, -0.1) is 0 Å². The van der Waals surface area contributed by atoms with Gasteiger partial charge in [-0.25, -0.2) is 14.2 Å². The number of esters is 1. The first-order valence-electron chi connectivity index (χ1n) is 10.4. The van der Waals surface area contributed by atoms with Gasteiger partial charge in [0.05, 0.1) is 11.6 Å². The molecule has 7 heteroatoms. The van der Waals surface area contributed by atoms with Gasteiger partial charge in [0.2, 0.25) is 5.90 Å². The number of nitrogens with zero attached hydrogens (tertiary/aromatic N) is 1. The molecule has 0 amide bonds. The van der Waals surface area contributed by atoms with Crippen molar-refractivity contribution in [3.63, 3.8) is 0 Å². The molecule has 3 aromatic carbocycles. The number of carbonyl (C=O) groups is 1. The minimum absolute atomic E-state index is 0.157. The molecule has 0 unspecified atom stereocenters. The average molecular weight is 466 g/mol. The average Bonchev–Trinajstić information content (AvgIpc) is 3.15. The van der Waals surface area contributed by atoms with Crippen LogP contribution in [0.4, 0.5) is 4.39 Å². The number of cyclic esters (lactones) is 1. The van der Waals surface area contributed by atoms with Gasteiger partial charge < -0.3 is 14.2 Å². The summed E-state index contributed by atoms with van der Waals surface area (Å²) in [6, 6.07) is 16.9. The molecule has 3 aromatic rings. The zero-order valence-corrected chi connectivity index (χ0v) is 18.9. The number of hydrogen-bond acceptors (Lipinski definition) is 5. The van der Waals surface area contributed by atoms with Gasteiger partial charge >= 0.3 is 5.97 Å². The summed E-state index contributed by atoms with van der Waals surface area (Å²) in [4.78, 5) is 16.7. The molecule has 168 valence electrons. The van der Waals surface area contributed by atoms with Crippen molar-refractivity contribution >= 4 is 29.5 Å². The Morgan fingerprint density at radius 2 is 1.79 bits per heavy atom. The van der Waals surface area contributed by atoms with Crippen LogP contribution in [0.2, 0.25) is 5.02 Å². The zero-order chi connectivity index (χ0) is 23.4. The van der Waals surface area contributed by atoms with Gasteiger partial charge in [0, 0.05) is 5.56 Å². The summed E-state index contributed by atoms with van der Waals surface area (Å²) >= 11 is 6.48. The lowest BCUT2D eigenvalue weighted by Crippen LogP contribution is -2.05. The Balaban J connectivity index is 1.60. The number of aryl methyl sites for hydroxylation is 1. The minimum atomic E-state index is -0.545. The molecule has 0 atom stereocenters. The van der Waals surface area contributed by atoms with Crippen molar-refractivity contribution in [2.24, 2.45) is 4.99 Å². The fourth-order valence-electron chi connectivity index (χ4n) is 3.20. The fraction of sp³-hybridized carbons (Fsp3) is 0.154. The Hall–Kier alpha value is -3.64. The monoisotopic (exact) mass is 465 g/mol. The predicted molar refractivity (Wildman–Crippen MR) is 125 cm³/mol. The first kappa shape index (κ1) is 22.6. The van der Waals surface area contributed by atoms with E-state index in [1.54, 1.807) is 30.3 Å². The van der Waals surface area contributed by atoms with Crippen molar-refractivity contribution in [3.05, 3.63) is 99.5 Å². The molecule has 0 radical (unpaired) electrons. The largest absolute Gasteiger partial charge is 0.490 e. The molecule has 0 fully saturated rings. The summed E-state index contributed by atoms with van der Waals surface area (Å²) in [5.41, 5.74) is 3.37. The maximum atomic E-state index is 13.1. The molecule has 1 heterocycles. The van der Waals surface area contributed by atoms with Gasteiger partial charge in [0.25, 0.3) is 0 Å². The van der Waals surface area contributed by atoms with E-state index in [-0.39, 0.29) is 24.0 Å². The zero-order valence-electron chi connectivity index (χ0n) is 18.1. The van der Waals surface area contributed by atoms with Crippen molar-refractivity contribution in [1.29, 1.82) is 0 Å². The second kappa shape index (κ2) is 9.88. The van der Waals surface area contributed by atoms with E-state index in [1.807, 2.05) is 38.1 Å². The lowest BCUT2D eigenvalue weighted by Gasteiger charge is -2.14. The van der Waals surface area contributed by atoms with E-state index in [0.717, 1.165) is 16.7 Å². The summed E-state index contributed by atoms with van der Waals surface area (Å²) in [7, 11) is 0. The first-order valence-corrected chi connectivity index (χ1v) is 10.7. The molecule has 5 nitrogen and oxygen atoms in total. The Morgan fingerprint density at radius 3 is 2.48 bits per heavy atom. The SMILES string of the molecule is CCOc1cc(/C=C2\N=C(c3ccc(C)cc3)OC2=O)cc(Cl)c1OCc1ccc(F)cc1. The third-order valence-electron chi connectivity index (χ3n) is 4.85. The molecule has 1 aliphatic heterocycles. The van der Waals surface area contributed by atoms with E-state index < -0.39 is 5.97 Å². The Kier molecular flexibility index (Phi) is 6.75. The molecule has 33 heavy (non-hydrogen) atoms. The maximum Gasteiger partial charge on any atom is 0.363 e. The van der Waals surface area contributed by atoms with E-state index in [9.17, 15) is 9.18 Å². The number of benzene rings is 3. The van der Waals surface area contributed by atoms with E-state index in [2.05, 4.69) is 4.99 Å². The second-order valence-corrected chi connectivity index (χ2v) is 7.79. The summed E-state index contributed by atoms with van der Waals surface area (Å²) in [5.74, 6) is 0.177. The predicted octanol–water partition coefficient (Wildman–Crippen LogP) is 6.11. The maximum absolute atomic E-state index is 13.1. The molecular formula is C26H21ClFNO4. The highest BCUT2D eigenvalue weighted by Crippen LogP contribution is 2.38. The van der Waals surface area contributed by atoms with Crippen LogP contribution in [0.3, 0.4) is 0 Å². The summed E-state index contributed by atoms with van der Waals surface area (Å²) in [6.45, 7) is 4.40. The molecule has 0 aliphatic carbocycles. The van der Waals surface area contributed by atoms with Crippen LogP contribution in [0.1, 0.15) is 29.2 Å². The molecule has 0 N–H and O–H groups in total. The number of carbonyl (C=O) groups excluding carboxylic acids is 1. The minimum Gasteiger partial charge on any atom is -0.490 e. The van der Waals surface area contributed by atoms with Gasteiger partial charge in [0.1, 0.15) is 12.4 Å². The summed E-state index contributed by atoms with van der Waals surface area (Å²) in [6.07, 6.45) is 1.58. The molecular weight excluding hydrogens is 445 g/mol. The third-order valence-corrected chi connectivity index (χ3v) is 5.13. The first-order chi connectivity index (χ1) is 15.9. The molecule has 0 saturated heterocycles. The molecule has 4 rings (SSSR count). The van der Waals surface area contributed by atoms with Crippen molar-refractivity contribution in [1.82, 2.24) is 0 Å². The van der Waals surface area contributed by atoms with Crippen molar-refractivity contribution in [3.8, 4) is 11.5 Å². The van der Waals surface area contributed by atoms with Gasteiger partial charge in [-0.05, 0) is 67.4 Å². The third kappa shape index (κ3) is 5.41. The highest BCUT2D eigenvalue weighted by atomic mass is 35.5. The summed E-state index contributed by atoms with van der Waals surface area (Å²) < 4.78 is 30.0. The summed E-state index contributed by atoms with van der Waals surface area (Å²) in [5, 5.41) is 0.309. The standard InChI is InChI=1S/C26H21ClFNO4/c1-3-31-23-14-18(12-21(27)24(23)32-15-17-6-10-20(28)11-7-17)13-22-26(30)33-25(29-22)19-8-4-16(2)5-9-19/h4-14H,3,15H2,1-2H3/b22-13-. The highest BCUT2D eigenvalue weighted by molar-refractivity contribution is 6.32.